The van der Waals surface area contributed by atoms with Crippen LogP contribution in [0.1, 0.15) is 13.8 Å². The summed E-state index contributed by atoms with van der Waals surface area (Å²) in [5.74, 6) is 1.33. The summed E-state index contributed by atoms with van der Waals surface area (Å²) in [6.07, 6.45) is 0. The Balaban J connectivity index is 2.34. The van der Waals surface area contributed by atoms with Crippen LogP contribution in [0.25, 0.3) is 0 Å². The molecule has 0 fully saturated rings. The normalized spacial score (nSPS) is 10.3. The number of hydrogen-bond acceptors (Lipinski definition) is 6. The lowest BCUT2D eigenvalue weighted by atomic mass is 10.3. The summed E-state index contributed by atoms with van der Waals surface area (Å²) in [5, 5.41) is 10.1. The number of anilines is 4. The molecule has 112 valence electrons. The van der Waals surface area contributed by atoms with E-state index in [0.717, 1.165) is 0 Å². The molecule has 3 N–H and O–H groups in total. The molecule has 0 saturated heterocycles. The summed E-state index contributed by atoms with van der Waals surface area (Å²) in [5.41, 5.74) is 0.567. The van der Waals surface area contributed by atoms with E-state index in [-0.39, 0.29) is 0 Å². The lowest BCUT2D eigenvalue weighted by Gasteiger charge is -2.11. The molecule has 0 aliphatic rings. The van der Waals surface area contributed by atoms with Crippen LogP contribution >= 0.6 is 23.2 Å². The average Bonchev–Trinajstić information content (AvgIpc) is 2.44. The maximum atomic E-state index is 6.13. The van der Waals surface area contributed by atoms with Crippen LogP contribution < -0.4 is 16.0 Å². The largest absolute Gasteiger partial charge is 0.354 e. The molecule has 0 spiro atoms. The molecule has 6 nitrogen and oxygen atoms in total. The highest BCUT2D eigenvalue weighted by Gasteiger charge is 2.10. The molecule has 0 bridgehead atoms. The molecule has 0 atom stereocenters. The van der Waals surface area contributed by atoms with Crippen molar-refractivity contribution in [2.75, 3.05) is 29.0 Å². The standard InChI is InChI=1S/C13H16Cl2N6/c1-3-16-11-19-12(17-4-2)21-13(20-11)18-10-8(14)6-5-7-9(10)15/h5-7H,3-4H2,1-2H3,(H3,16,17,18,19,20,21). The molecule has 2 aromatic rings. The molecule has 0 aliphatic carbocycles. The third-order valence-electron chi connectivity index (χ3n) is 2.50. The molecule has 21 heavy (non-hydrogen) atoms. The van der Waals surface area contributed by atoms with Gasteiger partial charge in [0, 0.05) is 13.1 Å². The number of hydrogen-bond donors (Lipinski definition) is 3. The van der Waals surface area contributed by atoms with Crippen molar-refractivity contribution in [2.45, 2.75) is 13.8 Å². The van der Waals surface area contributed by atoms with Crippen LogP contribution in [0.5, 0.6) is 0 Å². The number of nitrogens with one attached hydrogen (secondary N) is 3. The SMILES string of the molecule is CCNc1nc(NCC)nc(Nc2c(Cl)cccc2Cl)n1. The Bertz CT molecular complexity index is 575. The van der Waals surface area contributed by atoms with Gasteiger partial charge in [0.25, 0.3) is 0 Å². The van der Waals surface area contributed by atoms with Crippen LogP contribution in [0.3, 0.4) is 0 Å². The van der Waals surface area contributed by atoms with Gasteiger partial charge in [-0.2, -0.15) is 15.0 Å². The maximum absolute atomic E-state index is 6.13. The minimum Gasteiger partial charge on any atom is -0.354 e. The molecule has 1 aromatic heterocycles. The van der Waals surface area contributed by atoms with Crippen molar-refractivity contribution in [3.8, 4) is 0 Å². The van der Waals surface area contributed by atoms with Gasteiger partial charge in [-0.1, -0.05) is 29.3 Å². The van der Waals surface area contributed by atoms with Gasteiger partial charge in [0.1, 0.15) is 0 Å². The summed E-state index contributed by atoms with van der Waals surface area (Å²) in [4.78, 5) is 12.8. The van der Waals surface area contributed by atoms with Crippen molar-refractivity contribution in [1.29, 1.82) is 0 Å². The summed E-state index contributed by atoms with van der Waals surface area (Å²) in [7, 11) is 0. The van der Waals surface area contributed by atoms with E-state index in [1.54, 1.807) is 18.2 Å². The van der Waals surface area contributed by atoms with Gasteiger partial charge >= 0.3 is 0 Å². The first-order valence-electron chi connectivity index (χ1n) is 6.58. The molecule has 0 amide bonds. The van der Waals surface area contributed by atoms with Gasteiger partial charge in [0.2, 0.25) is 17.8 Å². The Labute approximate surface area is 133 Å². The van der Waals surface area contributed by atoms with E-state index in [9.17, 15) is 0 Å². The Hall–Kier alpha value is -1.79. The van der Waals surface area contributed by atoms with Crippen LogP contribution in [-0.2, 0) is 0 Å². The number of benzene rings is 1. The van der Waals surface area contributed by atoms with Crippen molar-refractivity contribution in [1.82, 2.24) is 15.0 Å². The molecule has 0 unspecified atom stereocenters. The topological polar surface area (TPSA) is 74.8 Å². The van der Waals surface area contributed by atoms with Gasteiger partial charge in [-0.05, 0) is 26.0 Å². The minimum atomic E-state index is 0.368. The van der Waals surface area contributed by atoms with Crippen molar-refractivity contribution in [3.05, 3.63) is 28.2 Å². The summed E-state index contributed by atoms with van der Waals surface area (Å²) >= 11 is 12.3. The lowest BCUT2D eigenvalue weighted by molar-refractivity contribution is 1.00. The molecule has 1 heterocycles. The monoisotopic (exact) mass is 326 g/mol. The predicted molar refractivity (Wildman–Crippen MR) is 87.9 cm³/mol. The van der Waals surface area contributed by atoms with Crippen LogP contribution in [0, 0.1) is 0 Å². The zero-order chi connectivity index (χ0) is 15.2. The van der Waals surface area contributed by atoms with Gasteiger partial charge in [-0.3, -0.25) is 0 Å². The third-order valence-corrected chi connectivity index (χ3v) is 3.13. The van der Waals surface area contributed by atoms with Gasteiger partial charge < -0.3 is 16.0 Å². The van der Waals surface area contributed by atoms with Gasteiger partial charge in [-0.25, -0.2) is 0 Å². The zero-order valence-electron chi connectivity index (χ0n) is 11.7. The van der Waals surface area contributed by atoms with Crippen molar-refractivity contribution in [2.24, 2.45) is 0 Å². The zero-order valence-corrected chi connectivity index (χ0v) is 13.3. The second kappa shape index (κ2) is 7.28. The molecule has 0 aliphatic heterocycles. The summed E-state index contributed by atoms with van der Waals surface area (Å²) in [6, 6.07) is 5.26. The van der Waals surface area contributed by atoms with Crippen molar-refractivity contribution >= 4 is 46.7 Å². The lowest BCUT2D eigenvalue weighted by Crippen LogP contribution is -2.10. The average molecular weight is 327 g/mol. The molecular formula is C13H16Cl2N6. The quantitative estimate of drug-likeness (QED) is 0.750. The Morgan fingerprint density at radius 3 is 1.81 bits per heavy atom. The number of para-hydroxylation sites is 1. The molecule has 2 rings (SSSR count). The van der Waals surface area contributed by atoms with Crippen molar-refractivity contribution < 1.29 is 0 Å². The van der Waals surface area contributed by atoms with E-state index in [4.69, 9.17) is 23.2 Å². The number of nitrogens with zero attached hydrogens (tertiary/aromatic N) is 3. The van der Waals surface area contributed by atoms with E-state index in [1.165, 1.54) is 0 Å². The smallest absolute Gasteiger partial charge is 0.233 e. The molecular weight excluding hydrogens is 311 g/mol. The van der Waals surface area contributed by atoms with E-state index in [0.29, 0.717) is 46.7 Å². The fourth-order valence-electron chi connectivity index (χ4n) is 1.64. The van der Waals surface area contributed by atoms with Gasteiger partial charge in [-0.15, -0.1) is 0 Å². The molecule has 0 saturated carbocycles. The highest BCUT2D eigenvalue weighted by Crippen LogP contribution is 2.31. The first-order chi connectivity index (χ1) is 10.1. The third kappa shape index (κ3) is 4.09. The molecule has 8 heteroatoms. The fourth-order valence-corrected chi connectivity index (χ4v) is 2.13. The second-order valence-electron chi connectivity index (χ2n) is 4.09. The first kappa shape index (κ1) is 15.6. The van der Waals surface area contributed by atoms with E-state index >= 15 is 0 Å². The maximum Gasteiger partial charge on any atom is 0.233 e. The van der Waals surface area contributed by atoms with Crippen LogP contribution in [0.15, 0.2) is 18.2 Å². The number of aromatic nitrogens is 3. The number of halogens is 2. The first-order valence-corrected chi connectivity index (χ1v) is 7.34. The van der Waals surface area contributed by atoms with Crippen LogP contribution in [-0.4, -0.2) is 28.0 Å². The van der Waals surface area contributed by atoms with E-state index < -0.39 is 0 Å². The summed E-state index contributed by atoms with van der Waals surface area (Å²) < 4.78 is 0. The Morgan fingerprint density at radius 1 is 0.857 bits per heavy atom. The van der Waals surface area contributed by atoms with Crippen LogP contribution in [0.4, 0.5) is 23.5 Å². The van der Waals surface area contributed by atoms with Crippen LogP contribution in [0.2, 0.25) is 10.0 Å². The number of rotatable bonds is 6. The van der Waals surface area contributed by atoms with Gasteiger partial charge in [0.05, 0.1) is 15.7 Å². The van der Waals surface area contributed by atoms with Crippen molar-refractivity contribution in [3.63, 3.8) is 0 Å². The summed E-state index contributed by atoms with van der Waals surface area (Å²) in [6.45, 7) is 5.35. The van der Waals surface area contributed by atoms with E-state index in [1.807, 2.05) is 13.8 Å². The minimum absolute atomic E-state index is 0.368. The Morgan fingerprint density at radius 2 is 1.33 bits per heavy atom. The molecule has 0 radical (unpaired) electrons. The highest BCUT2D eigenvalue weighted by atomic mass is 35.5. The fraction of sp³-hybridized carbons (Fsp3) is 0.308. The predicted octanol–water partition coefficient (Wildman–Crippen LogP) is 3.79. The van der Waals surface area contributed by atoms with Gasteiger partial charge in [0.15, 0.2) is 0 Å². The molecule has 1 aromatic carbocycles. The Kier molecular flexibility index (Phi) is 5.41. The van der Waals surface area contributed by atoms with E-state index in [2.05, 4.69) is 30.9 Å². The highest BCUT2D eigenvalue weighted by molar-refractivity contribution is 6.39. The second-order valence-corrected chi connectivity index (χ2v) is 4.90.